The van der Waals surface area contributed by atoms with Crippen LogP contribution in [0, 0.1) is 10.1 Å². The summed E-state index contributed by atoms with van der Waals surface area (Å²) < 4.78 is 0. The molecule has 1 aliphatic carbocycles. The molecule has 2 N–H and O–H groups in total. The number of nitrogens with zero attached hydrogens (tertiary/aromatic N) is 4. The lowest BCUT2D eigenvalue weighted by Crippen LogP contribution is -2.42. The predicted octanol–water partition coefficient (Wildman–Crippen LogP) is 1.56. The smallest absolute Gasteiger partial charge is 0.329 e. The van der Waals surface area contributed by atoms with Gasteiger partial charge in [-0.1, -0.05) is 0 Å². The molecule has 0 atom stereocenters. The molecule has 0 aromatic carbocycles. The Bertz CT molecular complexity index is 493. The number of nitrogens with one attached hydrogen (secondary N) is 1. The van der Waals surface area contributed by atoms with Crippen LogP contribution in [0.1, 0.15) is 32.6 Å². The standard InChI is InChI=1S/C13H21N5O3/c1-2-14-13-15-9-11(18(20)21)12(16-13)17(7-4-8-19)10-5-3-6-10/h9-10,19H,2-8H2,1H3,(H,14,15,16). The van der Waals surface area contributed by atoms with Crippen molar-refractivity contribution in [3.63, 3.8) is 0 Å². The molecule has 116 valence electrons. The molecule has 1 aromatic rings. The van der Waals surface area contributed by atoms with Crippen LogP contribution in [-0.4, -0.2) is 45.7 Å². The zero-order valence-corrected chi connectivity index (χ0v) is 12.2. The summed E-state index contributed by atoms with van der Waals surface area (Å²) in [4.78, 5) is 21.0. The van der Waals surface area contributed by atoms with Crippen molar-refractivity contribution in [1.29, 1.82) is 0 Å². The van der Waals surface area contributed by atoms with E-state index in [2.05, 4.69) is 15.3 Å². The lowest BCUT2D eigenvalue weighted by Gasteiger charge is -2.38. The highest BCUT2D eigenvalue weighted by atomic mass is 16.6. The highest BCUT2D eigenvalue weighted by molar-refractivity contribution is 5.59. The third-order valence-corrected chi connectivity index (χ3v) is 3.63. The van der Waals surface area contributed by atoms with Gasteiger partial charge in [-0.25, -0.2) is 4.98 Å². The molecule has 0 unspecified atom stereocenters. The minimum atomic E-state index is -0.449. The van der Waals surface area contributed by atoms with E-state index in [0.29, 0.717) is 31.3 Å². The minimum absolute atomic E-state index is 0.0577. The second kappa shape index (κ2) is 7.16. The summed E-state index contributed by atoms with van der Waals surface area (Å²) in [5.74, 6) is 0.746. The number of anilines is 2. The summed E-state index contributed by atoms with van der Waals surface area (Å²) >= 11 is 0. The maximum Gasteiger partial charge on any atom is 0.329 e. The van der Waals surface area contributed by atoms with Crippen LogP contribution < -0.4 is 10.2 Å². The number of aliphatic hydroxyl groups excluding tert-OH is 1. The van der Waals surface area contributed by atoms with Gasteiger partial charge < -0.3 is 15.3 Å². The van der Waals surface area contributed by atoms with E-state index in [1.54, 1.807) is 0 Å². The maximum atomic E-state index is 11.2. The van der Waals surface area contributed by atoms with Crippen LogP contribution in [-0.2, 0) is 0 Å². The minimum Gasteiger partial charge on any atom is -0.396 e. The number of rotatable bonds is 8. The van der Waals surface area contributed by atoms with Gasteiger partial charge in [0, 0.05) is 25.7 Å². The van der Waals surface area contributed by atoms with Crippen LogP contribution in [0.5, 0.6) is 0 Å². The Morgan fingerprint density at radius 1 is 1.57 bits per heavy atom. The number of aliphatic hydroxyl groups is 1. The average molecular weight is 295 g/mol. The van der Waals surface area contributed by atoms with Gasteiger partial charge in [0.1, 0.15) is 6.20 Å². The fourth-order valence-electron chi connectivity index (χ4n) is 2.35. The Balaban J connectivity index is 2.34. The third-order valence-electron chi connectivity index (χ3n) is 3.63. The first-order valence-electron chi connectivity index (χ1n) is 7.30. The van der Waals surface area contributed by atoms with Gasteiger partial charge >= 0.3 is 5.69 Å². The summed E-state index contributed by atoms with van der Waals surface area (Å²) in [5.41, 5.74) is -0.0820. The number of nitro groups is 1. The van der Waals surface area contributed by atoms with Gasteiger partial charge in [-0.15, -0.1) is 0 Å². The first-order valence-corrected chi connectivity index (χ1v) is 7.30. The lowest BCUT2D eigenvalue weighted by atomic mass is 9.91. The van der Waals surface area contributed by atoms with E-state index in [4.69, 9.17) is 5.11 Å². The van der Waals surface area contributed by atoms with Crippen LogP contribution in [0.2, 0.25) is 0 Å². The Kier molecular flexibility index (Phi) is 5.26. The van der Waals surface area contributed by atoms with Crippen LogP contribution in [0.15, 0.2) is 6.20 Å². The Morgan fingerprint density at radius 3 is 2.86 bits per heavy atom. The van der Waals surface area contributed by atoms with Crippen molar-refractivity contribution in [1.82, 2.24) is 9.97 Å². The van der Waals surface area contributed by atoms with E-state index >= 15 is 0 Å². The second-order valence-corrected chi connectivity index (χ2v) is 5.05. The average Bonchev–Trinajstić information content (AvgIpc) is 2.41. The summed E-state index contributed by atoms with van der Waals surface area (Å²) in [6.07, 6.45) is 4.95. The monoisotopic (exact) mass is 295 g/mol. The van der Waals surface area contributed by atoms with Crippen molar-refractivity contribution >= 4 is 17.5 Å². The molecular formula is C13H21N5O3. The number of hydrogen-bond donors (Lipinski definition) is 2. The van der Waals surface area contributed by atoms with Crippen molar-refractivity contribution in [2.75, 3.05) is 29.9 Å². The molecule has 1 aromatic heterocycles. The Hall–Kier alpha value is -1.96. The largest absolute Gasteiger partial charge is 0.396 e. The van der Waals surface area contributed by atoms with Crippen LogP contribution >= 0.6 is 0 Å². The van der Waals surface area contributed by atoms with E-state index in [0.717, 1.165) is 19.3 Å². The molecule has 0 radical (unpaired) electrons. The maximum absolute atomic E-state index is 11.2. The van der Waals surface area contributed by atoms with Crippen LogP contribution in [0.4, 0.5) is 17.5 Å². The molecular weight excluding hydrogens is 274 g/mol. The molecule has 0 spiro atoms. The molecule has 2 rings (SSSR count). The van der Waals surface area contributed by atoms with Gasteiger partial charge in [0.15, 0.2) is 0 Å². The highest BCUT2D eigenvalue weighted by Gasteiger charge is 2.31. The normalized spacial score (nSPS) is 14.6. The van der Waals surface area contributed by atoms with E-state index < -0.39 is 4.92 Å². The van der Waals surface area contributed by atoms with Crippen molar-refractivity contribution in [2.24, 2.45) is 0 Å². The number of aromatic nitrogens is 2. The first-order chi connectivity index (χ1) is 10.2. The van der Waals surface area contributed by atoms with E-state index in [-0.39, 0.29) is 18.3 Å². The zero-order valence-electron chi connectivity index (χ0n) is 12.2. The van der Waals surface area contributed by atoms with Gasteiger partial charge in [0.25, 0.3) is 0 Å². The quantitative estimate of drug-likeness (QED) is 0.554. The summed E-state index contributed by atoms with van der Waals surface area (Å²) in [6, 6.07) is 0.264. The third kappa shape index (κ3) is 3.57. The summed E-state index contributed by atoms with van der Waals surface area (Å²) in [6.45, 7) is 3.18. The molecule has 8 heteroatoms. The van der Waals surface area contributed by atoms with Crippen molar-refractivity contribution in [2.45, 2.75) is 38.6 Å². The lowest BCUT2D eigenvalue weighted by molar-refractivity contribution is -0.384. The van der Waals surface area contributed by atoms with E-state index in [9.17, 15) is 10.1 Å². The second-order valence-electron chi connectivity index (χ2n) is 5.05. The Morgan fingerprint density at radius 2 is 2.33 bits per heavy atom. The van der Waals surface area contributed by atoms with Gasteiger partial charge in [-0.3, -0.25) is 10.1 Å². The van der Waals surface area contributed by atoms with Gasteiger partial charge in [-0.2, -0.15) is 4.98 Å². The molecule has 1 fully saturated rings. The molecule has 0 bridgehead atoms. The zero-order chi connectivity index (χ0) is 15.2. The van der Waals surface area contributed by atoms with Gasteiger partial charge in [0.2, 0.25) is 11.8 Å². The van der Waals surface area contributed by atoms with Crippen LogP contribution in [0.3, 0.4) is 0 Å². The molecule has 0 aliphatic heterocycles. The first kappa shape index (κ1) is 15.4. The van der Waals surface area contributed by atoms with Crippen molar-refractivity contribution in [3.8, 4) is 0 Å². The molecule has 0 amide bonds. The van der Waals surface area contributed by atoms with Crippen molar-refractivity contribution < 1.29 is 10.0 Å². The van der Waals surface area contributed by atoms with Gasteiger partial charge in [-0.05, 0) is 32.6 Å². The fraction of sp³-hybridized carbons (Fsp3) is 0.692. The molecule has 8 nitrogen and oxygen atoms in total. The van der Waals surface area contributed by atoms with Crippen molar-refractivity contribution in [3.05, 3.63) is 16.3 Å². The summed E-state index contributed by atoms with van der Waals surface area (Å²) in [5, 5.41) is 23.3. The topological polar surface area (TPSA) is 104 Å². The van der Waals surface area contributed by atoms with E-state index in [1.807, 2.05) is 11.8 Å². The van der Waals surface area contributed by atoms with E-state index in [1.165, 1.54) is 6.20 Å². The molecule has 1 aliphatic rings. The SMILES string of the molecule is CCNc1ncc([N+](=O)[O-])c(N(CCCO)C2CCC2)n1. The molecule has 21 heavy (non-hydrogen) atoms. The summed E-state index contributed by atoms with van der Waals surface area (Å²) in [7, 11) is 0. The number of hydrogen-bond acceptors (Lipinski definition) is 7. The molecule has 1 saturated carbocycles. The Labute approximate surface area is 123 Å². The fourth-order valence-corrected chi connectivity index (χ4v) is 2.35. The van der Waals surface area contributed by atoms with Gasteiger partial charge in [0.05, 0.1) is 4.92 Å². The van der Waals surface area contributed by atoms with Crippen LogP contribution in [0.25, 0.3) is 0 Å². The molecule has 0 saturated heterocycles. The predicted molar refractivity (Wildman–Crippen MR) is 79.5 cm³/mol. The highest BCUT2D eigenvalue weighted by Crippen LogP contribution is 2.34. The molecule has 1 heterocycles.